The average molecular weight is 220 g/mol. The van der Waals surface area contributed by atoms with Crippen LogP contribution < -0.4 is 0 Å². The van der Waals surface area contributed by atoms with Gasteiger partial charge in [0.1, 0.15) is 0 Å². The molecule has 2 rings (SSSR count). The zero-order valence-electron chi connectivity index (χ0n) is 10.3. The summed E-state index contributed by atoms with van der Waals surface area (Å²) >= 11 is 0. The number of terminal acetylenes is 1. The molecule has 0 spiro atoms. The van der Waals surface area contributed by atoms with Gasteiger partial charge in [-0.3, -0.25) is 4.90 Å². The van der Waals surface area contributed by atoms with Gasteiger partial charge in [-0.15, -0.1) is 12.3 Å². The summed E-state index contributed by atoms with van der Waals surface area (Å²) in [7, 11) is 0. The quantitative estimate of drug-likeness (QED) is 0.528. The molecule has 0 bridgehead atoms. The Kier molecular flexibility index (Phi) is 4.69. The molecule has 0 aliphatic carbocycles. The number of hydrogen-bond donors (Lipinski definition) is 0. The topological polar surface area (TPSA) is 6.48 Å². The molecule has 2 heteroatoms. The average Bonchev–Trinajstić information content (AvgIpc) is 2.79. The fourth-order valence-corrected chi connectivity index (χ4v) is 3.00. The van der Waals surface area contributed by atoms with Gasteiger partial charge in [0.15, 0.2) is 0 Å². The second-order valence-electron chi connectivity index (χ2n) is 5.15. The molecule has 0 N–H and O–H groups in total. The molecule has 1 atom stereocenters. The molecule has 2 aliphatic rings. The first-order valence-corrected chi connectivity index (χ1v) is 6.80. The number of nitrogens with zero attached hydrogens (tertiary/aromatic N) is 2. The molecule has 2 nitrogen and oxygen atoms in total. The smallest absolute Gasteiger partial charge is 0.0235 e. The standard InChI is InChI=1S/C14H24N2/c1-2-3-5-9-15-12-8-14(13-15)16-10-6-4-7-11-16/h1,14H,3-13H2. The lowest BCUT2D eigenvalue weighted by atomic mass is 10.1. The van der Waals surface area contributed by atoms with Crippen molar-refractivity contribution in [3.8, 4) is 12.3 Å². The van der Waals surface area contributed by atoms with Gasteiger partial charge in [-0.2, -0.15) is 0 Å². The lowest BCUT2D eigenvalue weighted by molar-refractivity contribution is 0.162. The highest BCUT2D eigenvalue weighted by atomic mass is 15.3. The molecule has 2 fully saturated rings. The van der Waals surface area contributed by atoms with Gasteiger partial charge in [0, 0.05) is 19.0 Å². The van der Waals surface area contributed by atoms with E-state index in [4.69, 9.17) is 6.42 Å². The van der Waals surface area contributed by atoms with Gasteiger partial charge in [-0.1, -0.05) is 6.42 Å². The highest BCUT2D eigenvalue weighted by Gasteiger charge is 2.27. The van der Waals surface area contributed by atoms with Crippen LogP contribution in [0.4, 0.5) is 0 Å². The number of hydrogen-bond acceptors (Lipinski definition) is 2. The summed E-state index contributed by atoms with van der Waals surface area (Å²) in [6.07, 6.45) is 13.0. The van der Waals surface area contributed by atoms with Crippen LogP contribution in [-0.4, -0.2) is 48.6 Å². The Bertz CT molecular complexity index is 238. The van der Waals surface area contributed by atoms with E-state index in [0.29, 0.717) is 0 Å². The van der Waals surface area contributed by atoms with E-state index in [2.05, 4.69) is 15.7 Å². The van der Waals surface area contributed by atoms with Gasteiger partial charge in [0.25, 0.3) is 0 Å². The summed E-state index contributed by atoms with van der Waals surface area (Å²) in [5.74, 6) is 2.73. The maximum atomic E-state index is 5.28. The first-order valence-electron chi connectivity index (χ1n) is 6.80. The van der Waals surface area contributed by atoms with E-state index in [9.17, 15) is 0 Å². The predicted molar refractivity (Wildman–Crippen MR) is 68.3 cm³/mol. The monoisotopic (exact) mass is 220 g/mol. The largest absolute Gasteiger partial charge is 0.302 e. The van der Waals surface area contributed by atoms with Gasteiger partial charge in [0.2, 0.25) is 0 Å². The number of piperidine rings is 1. The summed E-state index contributed by atoms with van der Waals surface area (Å²) in [6.45, 7) is 6.44. The molecule has 0 saturated carbocycles. The third-order valence-corrected chi connectivity index (χ3v) is 3.95. The van der Waals surface area contributed by atoms with E-state index < -0.39 is 0 Å². The van der Waals surface area contributed by atoms with Crippen molar-refractivity contribution in [2.24, 2.45) is 0 Å². The summed E-state index contributed by atoms with van der Waals surface area (Å²) in [5, 5.41) is 0. The first kappa shape index (κ1) is 12.0. The lowest BCUT2D eigenvalue weighted by Crippen LogP contribution is -2.40. The Hall–Kier alpha value is -0.520. The molecule has 0 aromatic heterocycles. The normalized spacial score (nSPS) is 28.1. The number of likely N-dealkylation sites (tertiary alicyclic amines) is 2. The highest BCUT2D eigenvalue weighted by molar-refractivity contribution is 4.87. The Morgan fingerprint density at radius 1 is 1.12 bits per heavy atom. The lowest BCUT2D eigenvalue weighted by Gasteiger charge is -2.32. The molecule has 0 radical (unpaired) electrons. The van der Waals surface area contributed by atoms with E-state index in [0.717, 1.165) is 12.5 Å². The molecule has 2 aliphatic heterocycles. The Balaban J connectivity index is 1.68. The van der Waals surface area contributed by atoms with E-state index in [-0.39, 0.29) is 0 Å². The third kappa shape index (κ3) is 3.23. The summed E-state index contributed by atoms with van der Waals surface area (Å²) in [6, 6.07) is 0.839. The number of rotatable bonds is 4. The van der Waals surface area contributed by atoms with Crippen LogP contribution in [0.15, 0.2) is 0 Å². The number of unbranched alkanes of at least 4 members (excludes halogenated alkanes) is 1. The zero-order valence-corrected chi connectivity index (χ0v) is 10.3. The van der Waals surface area contributed by atoms with Gasteiger partial charge in [0.05, 0.1) is 0 Å². The highest BCUT2D eigenvalue weighted by Crippen LogP contribution is 2.20. The molecule has 1 unspecified atom stereocenters. The zero-order chi connectivity index (χ0) is 11.2. The fraction of sp³-hybridized carbons (Fsp3) is 0.857. The van der Waals surface area contributed by atoms with Crippen LogP contribution in [0.1, 0.15) is 38.5 Å². The Labute approximate surface area is 100.0 Å². The van der Waals surface area contributed by atoms with Crippen LogP contribution in [0.3, 0.4) is 0 Å². The van der Waals surface area contributed by atoms with Crippen LogP contribution in [-0.2, 0) is 0 Å². The van der Waals surface area contributed by atoms with Crippen molar-refractivity contribution >= 4 is 0 Å². The van der Waals surface area contributed by atoms with Gasteiger partial charge in [-0.25, -0.2) is 0 Å². The van der Waals surface area contributed by atoms with Gasteiger partial charge < -0.3 is 4.90 Å². The molecule has 0 amide bonds. The van der Waals surface area contributed by atoms with Gasteiger partial charge >= 0.3 is 0 Å². The maximum absolute atomic E-state index is 5.28. The van der Waals surface area contributed by atoms with Crippen molar-refractivity contribution < 1.29 is 0 Å². The minimum absolute atomic E-state index is 0.839. The SMILES string of the molecule is C#CCCCN1CCC(N2CCCCC2)C1. The van der Waals surface area contributed by atoms with Crippen molar-refractivity contribution in [3.63, 3.8) is 0 Å². The van der Waals surface area contributed by atoms with Crippen LogP contribution in [0.25, 0.3) is 0 Å². The van der Waals surface area contributed by atoms with Crippen molar-refractivity contribution in [1.29, 1.82) is 0 Å². The Morgan fingerprint density at radius 3 is 2.69 bits per heavy atom. The Morgan fingerprint density at radius 2 is 1.94 bits per heavy atom. The van der Waals surface area contributed by atoms with E-state index >= 15 is 0 Å². The van der Waals surface area contributed by atoms with Crippen molar-refractivity contribution in [1.82, 2.24) is 9.80 Å². The summed E-state index contributed by atoms with van der Waals surface area (Å²) in [4.78, 5) is 5.31. The third-order valence-electron chi connectivity index (χ3n) is 3.95. The molecule has 90 valence electrons. The molecule has 2 saturated heterocycles. The van der Waals surface area contributed by atoms with E-state index in [1.807, 2.05) is 0 Å². The maximum Gasteiger partial charge on any atom is 0.0235 e. The molecule has 16 heavy (non-hydrogen) atoms. The molecule has 0 aromatic rings. The van der Waals surface area contributed by atoms with Crippen LogP contribution in [0.2, 0.25) is 0 Å². The predicted octanol–water partition coefficient (Wildman–Crippen LogP) is 1.96. The minimum atomic E-state index is 0.839. The molecule has 2 heterocycles. The van der Waals surface area contributed by atoms with Crippen molar-refractivity contribution in [2.75, 3.05) is 32.7 Å². The fourth-order valence-electron chi connectivity index (χ4n) is 3.00. The second-order valence-corrected chi connectivity index (χ2v) is 5.15. The summed E-state index contributed by atoms with van der Waals surface area (Å²) < 4.78 is 0. The molecular weight excluding hydrogens is 196 g/mol. The molecular formula is C14H24N2. The van der Waals surface area contributed by atoms with E-state index in [1.165, 1.54) is 64.8 Å². The van der Waals surface area contributed by atoms with Gasteiger partial charge in [-0.05, 0) is 51.9 Å². The second kappa shape index (κ2) is 6.27. The van der Waals surface area contributed by atoms with Crippen molar-refractivity contribution in [3.05, 3.63) is 0 Å². The van der Waals surface area contributed by atoms with Crippen LogP contribution in [0.5, 0.6) is 0 Å². The van der Waals surface area contributed by atoms with Crippen molar-refractivity contribution in [2.45, 2.75) is 44.6 Å². The minimum Gasteiger partial charge on any atom is -0.302 e. The summed E-state index contributed by atoms with van der Waals surface area (Å²) in [5.41, 5.74) is 0. The molecule has 0 aromatic carbocycles. The van der Waals surface area contributed by atoms with E-state index in [1.54, 1.807) is 0 Å². The first-order chi connectivity index (χ1) is 7.90. The van der Waals surface area contributed by atoms with Crippen LogP contribution >= 0.6 is 0 Å². The van der Waals surface area contributed by atoms with Crippen LogP contribution in [0, 0.1) is 12.3 Å².